The van der Waals surface area contributed by atoms with Gasteiger partial charge < -0.3 is 15.0 Å². The molecule has 1 amide bonds. The van der Waals surface area contributed by atoms with E-state index in [0.717, 1.165) is 62.9 Å². The predicted octanol–water partition coefficient (Wildman–Crippen LogP) is 1.24. The first kappa shape index (κ1) is 14.2. The van der Waals surface area contributed by atoms with Crippen molar-refractivity contribution in [1.29, 1.82) is 0 Å². The number of ether oxygens (including phenoxy) is 1. The number of likely N-dealkylation sites (tertiary alicyclic amines) is 1. The maximum Gasteiger partial charge on any atom is 0.224 e. The Balaban J connectivity index is 1.44. The van der Waals surface area contributed by atoms with E-state index in [1.807, 2.05) is 4.90 Å². The standard InChI is InChI=1S/C14H23N3O2S/c18-12(17-7-1-2-8-17)3-6-15-13-16-14(11-20-13)4-9-19-10-5-14/h1-11H2,(H,15,16). The molecule has 0 bridgehead atoms. The van der Waals surface area contributed by atoms with Crippen molar-refractivity contribution in [2.75, 3.05) is 38.6 Å². The Labute approximate surface area is 124 Å². The van der Waals surface area contributed by atoms with Gasteiger partial charge in [0.25, 0.3) is 0 Å². The number of nitrogens with zero attached hydrogens (tertiary/aromatic N) is 2. The average molecular weight is 297 g/mol. The molecule has 20 heavy (non-hydrogen) atoms. The molecule has 0 atom stereocenters. The molecule has 112 valence electrons. The zero-order valence-corrected chi connectivity index (χ0v) is 12.7. The lowest BCUT2D eigenvalue weighted by Crippen LogP contribution is -2.48. The number of hydrogen-bond acceptors (Lipinski definition) is 4. The van der Waals surface area contributed by atoms with Crippen LogP contribution in [0.15, 0.2) is 4.99 Å². The highest BCUT2D eigenvalue weighted by Gasteiger charge is 2.38. The predicted molar refractivity (Wildman–Crippen MR) is 81.1 cm³/mol. The van der Waals surface area contributed by atoms with Crippen LogP contribution >= 0.6 is 11.8 Å². The summed E-state index contributed by atoms with van der Waals surface area (Å²) >= 11 is 1.79. The molecular formula is C14H23N3O2S. The zero-order chi connectivity index (χ0) is 13.8. The molecule has 0 aliphatic carbocycles. The van der Waals surface area contributed by atoms with Crippen LogP contribution in [0.25, 0.3) is 0 Å². The fraction of sp³-hybridized carbons (Fsp3) is 0.857. The number of carbonyl (C=O) groups excluding carboxylic acids is 1. The first-order chi connectivity index (χ1) is 9.77. The largest absolute Gasteiger partial charge is 0.381 e. The monoisotopic (exact) mass is 297 g/mol. The smallest absolute Gasteiger partial charge is 0.224 e. The van der Waals surface area contributed by atoms with E-state index >= 15 is 0 Å². The molecular weight excluding hydrogens is 274 g/mol. The summed E-state index contributed by atoms with van der Waals surface area (Å²) in [5.74, 6) is 1.34. The fourth-order valence-electron chi connectivity index (χ4n) is 3.00. The Bertz CT molecular complexity index is 388. The Morgan fingerprint density at radius 3 is 2.85 bits per heavy atom. The van der Waals surface area contributed by atoms with Crippen molar-refractivity contribution in [2.45, 2.75) is 37.6 Å². The molecule has 0 saturated carbocycles. The van der Waals surface area contributed by atoms with Crippen molar-refractivity contribution in [3.05, 3.63) is 0 Å². The van der Waals surface area contributed by atoms with E-state index in [9.17, 15) is 4.79 Å². The van der Waals surface area contributed by atoms with Gasteiger partial charge in [-0.3, -0.25) is 9.79 Å². The minimum Gasteiger partial charge on any atom is -0.381 e. The van der Waals surface area contributed by atoms with Crippen LogP contribution in [0.3, 0.4) is 0 Å². The van der Waals surface area contributed by atoms with Crippen LogP contribution in [0, 0.1) is 0 Å². The van der Waals surface area contributed by atoms with E-state index in [1.165, 1.54) is 0 Å². The van der Waals surface area contributed by atoms with Crippen molar-refractivity contribution in [3.8, 4) is 0 Å². The Morgan fingerprint density at radius 2 is 2.10 bits per heavy atom. The first-order valence-electron chi connectivity index (χ1n) is 7.58. The highest BCUT2D eigenvalue weighted by molar-refractivity contribution is 8.14. The second kappa shape index (κ2) is 6.35. The molecule has 3 aliphatic heterocycles. The van der Waals surface area contributed by atoms with Gasteiger partial charge in [-0.1, -0.05) is 11.8 Å². The van der Waals surface area contributed by atoms with Crippen molar-refractivity contribution < 1.29 is 9.53 Å². The molecule has 0 unspecified atom stereocenters. The quantitative estimate of drug-likeness (QED) is 0.851. The van der Waals surface area contributed by atoms with Gasteiger partial charge in [0.15, 0.2) is 5.17 Å². The lowest BCUT2D eigenvalue weighted by atomic mass is 9.93. The molecule has 3 saturated heterocycles. The van der Waals surface area contributed by atoms with E-state index in [1.54, 1.807) is 11.8 Å². The molecule has 6 heteroatoms. The van der Waals surface area contributed by atoms with Crippen LogP contribution in [-0.4, -0.2) is 60.1 Å². The number of carbonyl (C=O) groups is 1. The van der Waals surface area contributed by atoms with Crippen LogP contribution in [0.2, 0.25) is 0 Å². The van der Waals surface area contributed by atoms with Gasteiger partial charge in [-0.2, -0.15) is 0 Å². The number of hydrogen-bond donors (Lipinski definition) is 1. The van der Waals surface area contributed by atoms with Crippen molar-refractivity contribution in [1.82, 2.24) is 10.2 Å². The number of amides is 1. The average Bonchev–Trinajstić information content (AvgIpc) is 3.10. The summed E-state index contributed by atoms with van der Waals surface area (Å²) in [6.07, 6.45) is 4.98. The van der Waals surface area contributed by atoms with Crippen LogP contribution in [-0.2, 0) is 9.53 Å². The maximum atomic E-state index is 11.9. The molecule has 0 radical (unpaired) electrons. The molecule has 3 heterocycles. The fourth-order valence-corrected chi connectivity index (χ4v) is 4.25. The lowest BCUT2D eigenvalue weighted by Gasteiger charge is -2.32. The number of amidine groups is 1. The maximum absolute atomic E-state index is 11.9. The third-order valence-corrected chi connectivity index (χ3v) is 5.55. The van der Waals surface area contributed by atoms with Gasteiger partial charge in [0.05, 0.1) is 12.1 Å². The third-order valence-electron chi connectivity index (χ3n) is 4.35. The van der Waals surface area contributed by atoms with E-state index < -0.39 is 0 Å². The van der Waals surface area contributed by atoms with Crippen LogP contribution in [0.5, 0.6) is 0 Å². The number of nitrogens with one attached hydrogen (secondary N) is 1. The third kappa shape index (κ3) is 3.28. The lowest BCUT2D eigenvalue weighted by molar-refractivity contribution is -0.129. The van der Waals surface area contributed by atoms with Gasteiger partial charge >= 0.3 is 0 Å². The molecule has 1 N–H and O–H groups in total. The van der Waals surface area contributed by atoms with Gasteiger partial charge in [0, 0.05) is 38.5 Å². The molecule has 3 aliphatic rings. The molecule has 3 fully saturated rings. The topological polar surface area (TPSA) is 53.9 Å². The van der Waals surface area contributed by atoms with E-state index in [0.29, 0.717) is 13.0 Å². The summed E-state index contributed by atoms with van der Waals surface area (Å²) in [7, 11) is 0. The molecule has 3 rings (SSSR count). The van der Waals surface area contributed by atoms with E-state index in [2.05, 4.69) is 10.3 Å². The molecule has 0 aromatic rings. The van der Waals surface area contributed by atoms with Gasteiger partial charge in [-0.05, 0) is 25.7 Å². The summed E-state index contributed by atoms with van der Waals surface area (Å²) in [4.78, 5) is 18.5. The van der Waals surface area contributed by atoms with Gasteiger partial charge in [0.2, 0.25) is 5.91 Å². The van der Waals surface area contributed by atoms with Crippen molar-refractivity contribution in [2.24, 2.45) is 4.99 Å². The highest BCUT2D eigenvalue weighted by Crippen LogP contribution is 2.31. The van der Waals surface area contributed by atoms with Crippen molar-refractivity contribution >= 4 is 22.8 Å². The zero-order valence-electron chi connectivity index (χ0n) is 11.9. The molecule has 1 spiro atoms. The van der Waals surface area contributed by atoms with E-state index in [4.69, 9.17) is 4.74 Å². The number of thioether (sulfide) groups is 1. The summed E-state index contributed by atoms with van der Waals surface area (Å²) in [5.41, 5.74) is 0.195. The van der Waals surface area contributed by atoms with Crippen LogP contribution in [0.1, 0.15) is 32.1 Å². The highest BCUT2D eigenvalue weighted by atomic mass is 32.2. The normalized spacial score (nSPS) is 27.2. The molecule has 5 nitrogen and oxygen atoms in total. The summed E-state index contributed by atoms with van der Waals surface area (Å²) < 4.78 is 5.42. The Morgan fingerprint density at radius 1 is 1.35 bits per heavy atom. The Kier molecular flexibility index (Phi) is 4.51. The van der Waals surface area contributed by atoms with Gasteiger partial charge in [-0.25, -0.2) is 0 Å². The minimum absolute atomic E-state index is 0.195. The van der Waals surface area contributed by atoms with Crippen molar-refractivity contribution in [3.63, 3.8) is 0 Å². The summed E-state index contributed by atoms with van der Waals surface area (Å²) in [6.45, 7) is 4.16. The summed E-state index contributed by atoms with van der Waals surface area (Å²) in [5, 5.41) is 4.57. The van der Waals surface area contributed by atoms with Crippen LogP contribution < -0.4 is 5.32 Å². The van der Waals surface area contributed by atoms with E-state index in [-0.39, 0.29) is 11.4 Å². The first-order valence-corrected chi connectivity index (χ1v) is 8.57. The van der Waals surface area contributed by atoms with Gasteiger partial charge in [0.1, 0.15) is 0 Å². The second-order valence-corrected chi connectivity index (χ2v) is 6.80. The van der Waals surface area contributed by atoms with Gasteiger partial charge in [-0.15, -0.1) is 0 Å². The molecule has 0 aromatic carbocycles. The minimum atomic E-state index is 0.195. The Hall–Kier alpha value is -0.750. The number of rotatable bonds is 3. The molecule has 0 aromatic heterocycles. The second-order valence-electron chi connectivity index (χ2n) is 5.83. The number of aliphatic imine (C=N–C) groups is 1. The van der Waals surface area contributed by atoms with Crippen LogP contribution in [0.4, 0.5) is 0 Å². The SMILES string of the molecule is O=C(CCN=C1NC2(CCOCC2)CS1)N1CCCC1. The summed E-state index contributed by atoms with van der Waals surface area (Å²) in [6, 6.07) is 0.